The number of anilines is 6. The zero-order chi connectivity index (χ0) is 29.7. The molecule has 0 aliphatic carbocycles. The molecule has 2 aromatic heterocycles. The van der Waals surface area contributed by atoms with E-state index in [0.717, 1.165) is 29.1 Å². The van der Waals surface area contributed by atoms with E-state index in [1.807, 2.05) is 36.2 Å². The minimum absolute atomic E-state index is 0.295. The van der Waals surface area contributed by atoms with E-state index in [4.69, 9.17) is 0 Å². The van der Waals surface area contributed by atoms with Gasteiger partial charge in [-0.2, -0.15) is 9.78 Å². The van der Waals surface area contributed by atoms with E-state index >= 15 is 0 Å². The lowest BCUT2D eigenvalue weighted by atomic mass is 10.2. The molecule has 42 heavy (non-hydrogen) atoms. The van der Waals surface area contributed by atoms with E-state index in [2.05, 4.69) is 46.1 Å². The highest BCUT2D eigenvalue weighted by atomic mass is 19.4. The molecule has 0 bridgehead atoms. The summed E-state index contributed by atoms with van der Waals surface area (Å²) < 4.78 is 40.8. The molecular weight excluding hydrogens is 553 g/mol. The van der Waals surface area contributed by atoms with Crippen LogP contribution in [-0.2, 0) is 7.05 Å². The lowest BCUT2D eigenvalue weighted by Crippen LogP contribution is -2.20. The van der Waals surface area contributed by atoms with Crippen LogP contribution in [0.1, 0.15) is 0 Å². The summed E-state index contributed by atoms with van der Waals surface area (Å²) in [5.74, 6) is 1.12. The Morgan fingerprint density at radius 1 is 0.929 bits per heavy atom. The van der Waals surface area contributed by atoms with E-state index in [-0.39, 0.29) is 5.75 Å². The number of nitrogens with one attached hydrogen (secondary N) is 3. The number of halogens is 3. The monoisotopic (exact) mass is 576 g/mol. The van der Waals surface area contributed by atoms with Crippen LogP contribution in [0.4, 0.5) is 52.5 Å². The summed E-state index contributed by atoms with van der Waals surface area (Å²) in [6.45, 7) is 0. The van der Waals surface area contributed by atoms with Gasteiger partial charge in [-0.15, -0.1) is 23.4 Å². The van der Waals surface area contributed by atoms with Crippen molar-refractivity contribution in [3.8, 4) is 17.1 Å². The van der Waals surface area contributed by atoms with Gasteiger partial charge in [0.25, 0.3) is 0 Å². The maximum absolute atomic E-state index is 12.3. The van der Waals surface area contributed by atoms with Crippen LogP contribution < -0.4 is 25.6 Å². The summed E-state index contributed by atoms with van der Waals surface area (Å²) >= 11 is 0. The Balaban J connectivity index is 1.19. The molecule has 5 rings (SSSR count). The molecule has 0 aliphatic heterocycles. The molecular formula is C27H23F3N10O2. The topological polar surface area (TPSA) is 135 Å². The van der Waals surface area contributed by atoms with Gasteiger partial charge in [0.2, 0.25) is 11.8 Å². The normalized spacial score (nSPS) is 11.1. The fourth-order valence-electron chi connectivity index (χ4n) is 3.79. The molecule has 2 amide bonds. The van der Waals surface area contributed by atoms with Gasteiger partial charge in [-0.25, -0.2) is 9.78 Å². The Hall–Kier alpha value is -5.73. The molecule has 0 saturated carbocycles. The van der Waals surface area contributed by atoms with Crippen molar-refractivity contribution in [3.05, 3.63) is 85.1 Å². The molecule has 0 aliphatic rings. The first-order valence-electron chi connectivity index (χ1n) is 12.3. The molecule has 3 N–H and O–H groups in total. The van der Waals surface area contributed by atoms with Gasteiger partial charge in [0.1, 0.15) is 11.6 Å². The first-order chi connectivity index (χ1) is 20.1. The fraction of sp³-hybridized carbons (Fsp3) is 0.111. The Bertz CT molecular complexity index is 1680. The Labute approximate surface area is 237 Å². The van der Waals surface area contributed by atoms with Gasteiger partial charge in [-0.3, -0.25) is 0 Å². The number of alkyl halides is 3. The number of ether oxygens (including phenoxy) is 1. The first kappa shape index (κ1) is 27.8. The van der Waals surface area contributed by atoms with E-state index in [1.54, 1.807) is 43.6 Å². The average Bonchev–Trinajstić information content (AvgIpc) is 3.40. The average molecular weight is 577 g/mol. The number of hydrogen-bond acceptors (Lipinski definition) is 9. The highest BCUT2D eigenvalue weighted by Gasteiger charge is 2.31. The van der Waals surface area contributed by atoms with Crippen molar-refractivity contribution in [3.63, 3.8) is 0 Å². The van der Waals surface area contributed by atoms with Crippen molar-refractivity contribution < 1.29 is 22.7 Å². The van der Waals surface area contributed by atoms with E-state index in [0.29, 0.717) is 29.0 Å². The fourth-order valence-corrected chi connectivity index (χ4v) is 3.79. The summed E-state index contributed by atoms with van der Waals surface area (Å²) in [5, 5.41) is 20.5. The Kier molecular flexibility index (Phi) is 7.81. The maximum Gasteiger partial charge on any atom is 0.573 e. The number of benzene rings is 3. The minimum atomic E-state index is -4.79. The summed E-state index contributed by atoms with van der Waals surface area (Å²) in [5.41, 5.74) is 3.13. The smallest absolute Gasteiger partial charge is 0.406 e. The molecule has 15 heteroatoms. The number of aryl methyl sites for hydroxylation is 1. The second-order valence-corrected chi connectivity index (χ2v) is 8.80. The highest BCUT2D eigenvalue weighted by Crippen LogP contribution is 2.27. The van der Waals surface area contributed by atoms with Crippen molar-refractivity contribution in [1.29, 1.82) is 0 Å². The molecule has 3 aromatic carbocycles. The van der Waals surface area contributed by atoms with Crippen LogP contribution in [0, 0.1) is 0 Å². The molecule has 0 saturated heterocycles. The molecule has 0 unspecified atom stereocenters. The van der Waals surface area contributed by atoms with E-state index in [9.17, 15) is 18.0 Å². The molecule has 214 valence electrons. The number of carbonyl (C=O) groups is 1. The maximum atomic E-state index is 12.3. The number of amides is 2. The van der Waals surface area contributed by atoms with Gasteiger partial charge in [0.15, 0.2) is 0 Å². The predicted molar refractivity (Wildman–Crippen MR) is 150 cm³/mol. The summed E-state index contributed by atoms with van der Waals surface area (Å²) in [6.07, 6.45) is -3.15. The molecule has 0 fully saturated rings. The third kappa shape index (κ3) is 7.26. The Morgan fingerprint density at radius 3 is 2.26 bits per heavy atom. The molecule has 0 radical (unpaired) electrons. The molecule has 5 aromatic rings. The standard InChI is InChI=1S/C27H23F3N10O2/c1-39(23-14-15-31-25(35-23)32-20-5-3-4-17(16-20)24-36-38-40(2)37-24)21-10-6-18(7-11-21)33-26(41)34-19-8-12-22(13-9-19)42-27(28,29)30/h3-16H,1-2H3,(H,31,32,35)(H2,33,34,41). The van der Waals surface area contributed by atoms with Crippen LogP contribution in [0.2, 0.25) is 0 Å². The number of urea groups is 1. The number of rotatable bonds is 8. The number of nitrogens with zero attached hydrogens (tertiary/aromatic N) is 7. The Morgan fingerprint density at radius 2 is 1.62 bits per heavy atom. The van der Waals surface area contributed by atoms with Crippen molar-refractivity contribution in [1.82, 2.24) is 30.2 Å². The zero-order valence-electron chi connectivity index (χ0n) is 22.2. The SMILES string of the molecule is CN(c1ccc(NC(=O)Nc2ccc(OC(F)(F)F)cc2)cc1)c1ccnc(Nc2cccc(-c3nnn(C)n3)c2)n1. The second-order valence-electron chi connectivity index (χ2n) is 8.80. The van der Waals surface area contributed by atoms with Crippen molar-refractivity contribution in [2.45, 2.75) is 6.36 Å². The van der Waals surface area contributed by atoms with Crippen molar-refractivity contribution in [2.24, 2.45) is 7.05 Å². The molecule has 0 atom stereocenters. The van der Waals surface area contributed by atoms with E-state index < -0.39 is 12.4 Å². The largest absolute Gasteiger partial charge is 0.573 e. The lowest BCUT2D eigenvalue weighted by Gasteiger charge is -2.19. The van der Waals surface area contributed by atoms with Gasteiger partial charge in [0.05, 0.1) is 7.05 Å². The third-order valence-electron chi connectivity index (χ3n) is 5.73. The van der Waals surface area contributed by atoms with Crippen LogP contribution >= 0.6 is 0 Å². The van der Waals surface area contributed by atoms with Gasteiger partial charge < -0.3 is 25.6 Å². The first-order valence-corrected chi connectivity index (χ1v) is 12.3. The quantitative estimate of drug-likeness (QED) is 0.212. The summed E-state index contributed by atoms with van der Waals surface area (Å²) in [6, 6.07) is 20.5. The van der Waals surface area contributed by atoms with Crippen LogP contribution in [0.5, 0.6) is 5.75 Å². The van der Waals surface area contributed by atoms with Crippen LogP contribution in [-0.4, -0.2) is 49.6 Å². The number of hydrogen-bond donors (Lipinski definition) is 3. The number of tetrazole rings is 1. The van der Waals surface area contributed by atoms with Gasteiger partial charge in [0, 0.05) is 41.6 Å². The zero-order valence-corrected chi connectivity index (χ0v) is 22.2. The number of carbonyl (C=O) groups excluding carboxylic acids is 1. The molecule has 0 spiro atoms. The van der Waals surface area contributed by atoms with Gasteiger partial charge in [-0.05, 0) is 71.9 Å². The van der Waals surface area contributed by atoms with Crippen LogP contribution in [0.3, 0.4) is 0 Å². The summed E-state index contributed by atoms with van der Waals surface area (Å²) in [7, 11) is 3.54. The lowest BCUT2D eigenvalue weighted by molar-refractivity contribution is -0.274. The molecule has 2 heterocycles. The molecule has 12 nitrogen and oxygen atoms in total. The van der Waals surface area contributed by atoms with Crippen LogP contribution in [0.15, 0.2) is 85.1 Å². The summed E-state index contributed by atoms with van der Waals surface area (Å²) in [4.78, 5) is 24.5. The number of aromatic nitrogens is 6. The van der Waals surface area contributed by atoms with Gasteiger partial charge >= 0.3 is 12.4 Å². The van der Waals surface area contributed by atoms with Gasteiger partial charge in [-0.1, -0.05) is 12.1 Å². The van der Waals surface area contributed by atoms with Crippen LogP contribution in [0.25, 0.3) is 11.4 Å². The highest BCUT2D eigenvalue weighted by molar-refractivity contribution is 5.99. The van der Waals surface area contributed by atoms with Crippen molar-refractivity contribution in [2.75, 3.05) is 27.9 Å². The third-order valence-corrected chi connectivity index (χ3v) is 5.73. The van der Waals surface area contributed by atoms with E-state index in [1.165, 1.54) is 16.9 Å². The minimum Gasteiger partial charge on any atom is -0.406 e. The van der Waals surface area contributed by atoms with Crippen molar-refractivity contribution >= 4 is 40.5 Å². The predicted octanol–water partition coefficient (Wildman–Crippen LogP) is 5.72. The second kappa shape index (κ2) is 11.8.